The molecule has 4 N–H and O–H groups in total. The number of ether oxygens (including phenoxy) is 1. The zero-order valence-electron chi connectivity index (χ0n) is 19.9. The number of benzene rings is 2. The van der Waals surface area contributed by atoms with Crippen LogP contribution in [0.15, 0.2) is 60.0 Å². The molecule has 1 saturated heterocycles. The fourth-order valence-corrected chi connectivity index (χ4v) is 4.93. The number of anilines is 5. The first-order valence-electron chi connectivity index (χ1n) is 11.6. The summed E-state index contributed by atoms with van der Waals surface area (Å²) in [6.45, 7) is 6.59. The molecular weight excluding hydrogens is 460 g/mol. The molecule has 0 radical (unpaired) electrons. The average Bonchev–Trinajstić information content (AvgIpc) is 3.47. The Morgan fingerprint density at radius 2 is 1.71 bits per heavy atom. The van der Waals surface area contributed by atoms with Crippen molar-refractivity contribution in [2.45, 2.75) is 32.9 Å². The standard InChI is InChI=1S/C26H28N6O2S/c1-15(2)22-14-34-26(33)32(22)24-23-21(12-13-35-23)30-25(31-24)28-16(3)17-4-8-19(9-5-17)29-20-10-6-18(27)7-11-20/h4-13,15-16,22,29H,14,27H2,1-3H3,(H,28,30,31)/t16?,22-/m1/s1. The molecule has 1 unspecified atom stereocenters. The molecule has 1 aliphatic heterocycles. The number of cyclic esters (lactones) is 1. The Morgan fingerprint density at radius 1 is 1.03 bits per heavy atom. The van der Waals surface area contributed by atoms with E-state index in [0.29, 0.717) is 18.4 Å². The van der Waals surface area contributed by atoms with Crippen molar-refractivity contribution in [2.24, 2.45) is 5.92 Å². The number of amides is 1. The topological polar surface area (TPSA) is 105 Å². The van der Waals surface area contributed by atoms with Crippen LogP contribution in [0.25, 0.3) is 10.2 Å². The van der Waals surface area contributed by atoms with Gasteiger partial charge in [-0.2, -0.15) is 4.98 Å². The number of aromatic nitrogens is 2. The molecule has 1 fully saturated rings. The third-order valence-corrected chi connectivity index (χ3v) is 7.04. The van der Waals surface area contributed by atoms with Gasteiger partial charge in [0.2, 0.25) is 5.95 Å². The van der Waals surface area contributed by atoms with Gasteiger partial charge in [0.1, 0.15) is 6.61 Å². The molecule has 0 bridgehead atoms. The van der Waals surface area contributed by atoms with E-state index >= 15 is 0 Å². The van der Waals surface area contributed by atoms with Gasteiger partial charge in [0.05, 0.1) is 22.3 Å². The molecule has 5 rings (SSSR count). The fraction of sp³-hybridized carbons (Fsp3) is 0.269. The molecule has 2 aromatic heterocycles. The summed E-state index contributed by atoms with van der Waals surface area (Å²) in [5.74, 6) is 1.32. The molecule has 2 atom stereocenters. The van der Waals surface area contributed by atoms with Crippen molar-refractivity contribution in [3.8, 4) is 0 Å². The number of hydrogen-bond acceptors (Lipinski definition) is 8. The Labute approximate surface area is 208 Å². The number of rotatable bonds is 7. The second kappa shape index (κ2) is 9.42. The van der Waals surface area contributed by atoms with Gasteiger partial charge in [-0.05, 0) is 66.2 Å². The van der Waals surface area contributed by atoms with Crippen LogP contribution in [0.2, 0.25) is 0 Å². The monoisotopic (exact) mass is 488 g/mol. The zero-order chi connectivity index (χ0) is 24.5. The predicted molar refractivity (Wildman–Crippen MR) is 142 cm³/mol. The number of hydrogen-bond donors (Lipinski definition) is 3. The number of nitrogens with one attached hydrogen (secondary N) is 2. The lowest BCUT2D eigenvalue weighted by molar-refractivity contribution is 0.177. The Morgan fingerprint density at radius 3 is 2.40 bits per heavy atom. The number of carbonyl (C=O) groups excluding carboxylic acids is 1. The molecule has 9 heteroatoms. The third kappa shape index (κ3) is 4.72. The molecule has 0 aliphatic carbocycles. The maximum atomic E-state index is 12.6. The fourth-order valence-electron chi connectivity index (χ4n) is 4.11. The number of fused-ring (bicyclic) bond motifs is 1. The molecule has 1 aliphatic rings. The number of nitrogen functional groups attached to an aromatic ring is 1. The Hall–Kier alpha value is -3.85. The van der Waals surface area contributed by atoms with Crippen LogP contribution in [0.3, 0.4) is 0 Å². The van der Waals surface area contributed by atoms with Crippen LogP contribution in [-0.4, -0.2) is 28.7 Å². The number of thiophene rings is 1. The van der Waals surface area contributed by atoms with Gasteiger partial charge < -0.3 is 21.1 Å². The van der Waals surface area contributed by atoms with E-state index in [1.54, 1.807) is 4.90 Å². The third-order valence-electron chi connectivity index (χ3n) is 6.14. The highest BCUT2D eigenvalue weighted by molar-refractivity contribution is 7.17. The van der Waals surface area contributed by atoms with Crippen LogP contribution < -0.4 is 21.3 Å². The lowest BCUT2D eigenvalue weighted by Gasteiger charge is -2.24. The molecule has 180 valence electrons. The highest BCUT2D eigenvalue weighted by Gasteiger charge is 2.38. The SMILES string of the molecule is CC(Nc1nc(N2C(=O)OC[C@@H]2C(C)C)c2sccc2n1)c1ccc(Nc2ccc(N)cc2)cc1. The van der Waals surface area contributed by atoms with E-state index in [9.17, 15) is 4.79 Å². The molecule has 3 heterocycles. The smallest absolute Gasteiger partial charge is 0.415 e. The summed E-state index contributed by atoms with van der Waals surface area (Å²) in [4.78, 5) is 23.8. The van der Waals surface area contributed by atoms with Crippen LogP contribution >= 0.6 is 11.3 Å². The van der Waals surface area contributed by atoms with Crippen molar-refractivity contribution >= 4 is 56.5 Å². The second-order valence-corrected chi connectivity index (χ2v) is 9.92. The highest BCUT2D eigenvalue weighted by Crippen LogP contribution is 2.35. The van der Waals surface area contributed by atoms with E-state index in [4.69, 9.17) is 20.4 Å². The molecule has 2 aromatic carbocycles. The second-order valence-electron chi connectivity index (χ2n) is 9.00. The Kier molecular flexibility index (Phi) is 6.17. The summed E-state index contributed by atoms with van der Waals surface area (Å²) in [7, 11) is 0. The van der Waals surface area contributed by atoms with Crippen LogP contribution in [0.1, 0.15) is 32.4 Å². The quantitative estimate of drug-likeness (QED) is 0.267. The number of nitrogens with zero attached hydrogens (tertiary/aromatic N) is 3. The molecule has 35 heavy (non-hydrogen) atoms. The van der Waals surface area contributed by atoms with E-state index in [2.05, 4.69) is 43.5 Å². The Balaban J connectivity index is 1.36. The minimum absolute atomic E-state index is 0.0454. The zero-order valence-corrected chi connectivity index (χ0v) is 20.7. The van der Waals surface area contributed by atoms with Gasteiger partial charge in [-0.15, -0.1) is 11.3 Å². The Bertz CT molecular complexity index is 1340. The summed E-state index contributed by atoms with van der Waals surface area (Å²) in [5, 5.41) is 8.75. The van der Waals surface area contributed by atoms with Gasteiger partial charge >= 0.3 is 6.09 Å². The first-order valence-corrected chi connectivity index (χ1v) is 12.5. The molecule has 1 amide bonds. The minimum atomic E-state index is -0.361. The van der Waals surface area contributed by atoms with E-state index < -0.39 is 0 Å². The van der Waals surface area contributed by atoms with Crippen molar-refractivity contribution in [2.75, 3.05) is 27.9 Å². The summed E-state index contributed by atoms with van der Waals surface area (Å²) < 4.78 is 6.25. The number of carbonyl (C=O) groups is 1. The van der Waals surface area contributed by atoms with Crippen molar-refractivity contribution in [3.05, 3.63) is 65.5 Å². The molecular formula is C26H28N6O2S. The van der Waals surface area contributed by atoms with E-state index in [0.717, 1.165) is 32.8 Å². The minimum Gasteiger partial charge on any atom is -0.447 e. The van der Waals surface area contributed by atoms with E-state index in [-0.39, 0.29) is 24.1 Å². The van der Waals surface area contributed by atoms with Crippen LogP contribution in [0, 0.1) is 5.92 Å². The summed E-state index contributed by atoms with van der Waals surface area (Å²) in [6, 6.07) is 17.7. The lowest BCUT2D eigenvalue weighted by atomic mass is 10.0. The molecule has 0 spiro atoms. The maximum Gasteiger partial charge on any atom is 0.415 e. The lowest BCUT2D eigenvalue weighted by Crippen LogP contribution is -2.38. The molecule has 4 aromatic rings. The van der Waals surface area contributed by atoms with Gasteiger partial charge in [0.25, 0.3) is 0 Å². The van der Waals surface area contributed by atoms with Crippen LogP contribution in [0.4, 0.5) is 33.6 Å². The largest absolute Gasteiger partial charge is 0.447 e. The van der Waals surface area contributed by atoms with Crippen molar-refractivity contribution < 1.29 is 9.53 Å². The van der Waals surface area contributed by atoms with Crippen molar-refractivity contribution in [1.29, 1.82) is 0 Å². The summed E-state index contributed by atoms with van der Waals surface area (Å²) in [6.07, 6.45) is -0.361. The van der Waals surface area contributed by atoms with Crippen molar-refractivity contribution in [1.82, 2.24) is 9.97 Å². The maximum absolute atomic E-state index is 12.6. The van der Waals surface area contributed by atoms with E-state index in [1.807, 2.05) is 47.8 Å². The highest BCUT2D eigenvalue weighted by atomic mass is 32.1. The normalized spacial score (nSPS) is 16.5. The van der Waals surface area contributed by atoms with E-state index in [1.165, 1.54) is 11.3 Å². The van der Waals surface area contributed by atoms with Gasteiger partial charge in [0.15, 0.2) is 5.82 Å². The predicted octanol–water partition coefficient (Wildman–Crippen LogP) is 6.17. The number of nitrogens with two attached hydrogens (primary N) is 1. The first-order chi connectivity index (χ1) is 16.9. The van der Waals surface area contributed by atoms with Crippen LogP contribution in [-0.2, 0) is 4.74 Å². The van der Waals surface area contributed by atoms with Gasteiger partial charge in [-0.3, -0.25) is 4.90 Å². The average molecular weight is 489 g/mol. The first kappa shape index (κ1) is 22.9. The van der Waals surface area contributed by atoms with Crippen LogP contribution in [0.5, 0.6) is 0 Å². The van der Waals surface area contributed by atoms with Gasteiger partial charge in [-0.1, -0.05) is 26.0 Å². The summed E-state index contributed by atoms with van der Waals surface area (Å²) in [5.41, 5.74) is 10.3. The molecule has 8 nitrogen and oxygen atoms in total. The summed E-state index contributed by atoms with van der Waals surface area (Å²) >= 11 is 1.53. The van der Waals surface area contributed by atoms with Gasteiger partial charge in [-0.25, -0.2) is 9.78 Å². The molecule has 0 saturated carbocycles. The van der Waals surface area contributed by atoms with Crippen molar-refractivity contribution in [3.63, 3.8) is 0 Å². The van der Waals surface area contributed by atoms with Gasteiger partial charge in [0, 0.05) is 17.1 Å².